The zero-order valence-corrected chi connectivity index (χ0v) is 26.1. The van der Waals surface area contributed by atoms with Gasteiger partial charge in [-0.2, -0.15) is 0 Å². The summed E-state index contributed by atoms with van der Waals surface area (Å²) >= 11 is 1.61. The summed E-state index contributed by atoms with van der Waals surface area (Å²) in [6, 6.07) is 17.1. The SMILES string of the molecule is CSc1nc2c(c(N3CCN(C(=O)OC(C)(C)C)CC3)n1)CCC1(CCCc3ccc(OCc4ccccc4)cc31)C2. The molecule has 1 aliphatic heterocycles. The molecule has 1 aromatic heterocycles. The Kier molecular flexibility index (Phi) is 8.09. The summed E-state index contributed by atoms with van der Waals surface area (Å²) in [5.74, 6) is 2.00. The fourth-order valence-electron chi connectivity index (χ4n) is 6.74. The van der Waals surface area contributed by atoms with Gasteiger partial charge < -0.3 is 19.3 Å². The molecular weight excluding hydrogens is 544 g/mol. The maximum absolute atomic E-state index is 12.6. The number of thioether (sulfide) groups is 1. The van der Waals surface area contributed by atoms with Gasteiger partial charge in [-0.15, -0.1) is 0 Å². The standard InChI is InChI=1S/C34H42N4O3S/c1-33(2,3)41-32(39)38-19-17-37(18-20-38)30-27-14-16-34(22-29(27)35-31(36-30)42-4)15-8-11-25-12-13-26(21-28(25)34)40-23-24-9-6-5-7-10-24/h5-7,9-10,12-13,21H,8,11,14-20,22-23H2,1-4H3. The molecule has 2 aromatic carbocycles. The van der Waals surface area contributed by atoms with Crippen LogP contribution in [0.2, 0.25) is 0 Å². The monoisotopic (exact) mass is 586 g/mol. The minimum absolute atomic E-state index is 0.0728. The highest BCUT2D eigenvalue weighted by Gasteiger charge is 2.42. The molecule has 3 aromatic rings. The molecule has 0 N–H and O–H groups in total. The average Bonchev–Trinajstić information content (AvgIpc) is 2.99. The molecule has 1 saturated heterocycles. The maximum Gasteiger partial charge on any atom is 0.410 e. The molecule has 1 unspecified atom stereocenters. The number of fused-ring (bicyclic) bond motifs is 3. The van der Waals surface area contributed by atoms with Crippen LogP contribution >= 0.6 is 11.8 Å². The van der Waals surface area contributed by atoms with Crippen LogP contribution in [-0.4, -0.2) is 59.0 Å². The van der Waals surface area contributed by atoms with Crippen LogP contribution in [0.5, 0.6) is 5.75 Å². The molecule has 1 atom stereocenters. The highest BCUT2D eigenvalue weighted by Crippen LogP contribution is 2.48. The van der Waals surface area contributed by atoms with E-state index in [4.69, 9.17) is 19.4 Å². The van der Waals surface area contributed by atoms with E-state index in [0.29, 0.717) is 19.7 Å². The fourth-order valence-corrected chi connectivity index (χ4v) is 7.12. The van der Waals surface area contributed by atoms with E-state index in [1.54, 1.807) is 11.8 Å². The normalized spacial score (nSPS) is 20.2. The van der Waals surface area contributed by atoms with Gasteiger partial charge in [-0.05, 0) is 94.4 Å². The van der Waals surface area contributed by atoms with Crippen molar-refractivity contribution in [2.75, 3.05) is 37.3 Å². The van der Waals surface area contributed by atoms with Crippen molar-refractivity contribution in [1.82, 2.24) is 14.9 Å². The molecule has 7 nitrogen and oxygen atoms in total. The average molecular weight is 587 g/mol. The van der Waals surface area contributed by atoms with Crippen molar-refractivity contribution < 1.29 is 14.3 Å². The minimum atomic E-state index is -0.490. The Labute approximate surface area is 254 Å². The van der Waals surface area contributed by atoms with E-state index in [2.05, 4.69) is 53.6 Å². The number of nitrogens with zero attached hydrogens (tertiary/aromatic N) is 4. The van der Waals surface area contributed by atoms with Gasteiger partial charge in [0.2, 0.25) is 0 Å². The fraction of sp³-hybridized carbons (Fsp3) is 0.500. The zero-order chi connectivity index (χ0) is 29.3. The molecule has 6 rings (SSSR count). The van der Waals surface area contributed by atoms with Gasteiger partial charge in [0.25, 0.3) is 0 Å². The lowest BCUT2D eigenvalue weighted by atomic mass is 9.62. The molecule has 0 saturated carbocycles. The summed E-state index contributed by atoms with van der Waals surface area (Å²) < 4.78 is 11.9. The number of aryl methyl sites for hydroxylation is 1. The number of aromatic nitrogens is 2. The van der Waals surface area contributed by atoms with Crippen LogP contribution in [0.15, 0.2) is 53.7 Å². The van der Waals surface area contributed by atoms with E-state index >= 15 is 0 Å². The summed E-state index contributed by atoms with van der Waals surface area (Å²) in [6.45, 7) is 9.05. The van der Waals surface area contributed by atoms with Gasteiger partial charge in [0.1, 0.15) is 23.8 Å². The van der Waals surface area contributed by atoms with E-state index in [1.807, 2.05) is 31.7 Å². The summed E-state index contributed by atoms with van der Waals surface area (Å²) in [5.41, 5.74) is 6.13. The first-order valence-electron chi connectivity index (χ1n) is 15.2. The van der Waals surface area contributed by atoms with Gasteiger partial charge >= 0.3 is 6.09 Å². The smallest absolute Gasteiger partial charge is 0.410 e. The number of anilines is 1. The number of ether oxygens (including phenoxy) is 2. The van der Waals surface area contributed by atoms with E-state index in [-0.39, 0.29) is 11.5 Å². The Morgan fingerprint density at radius 2 is 1.79 bits per heavy atom. The van der Waals surface area contributed by atoms with Gasteiger partial charge in [0.15, 0.2) is 5.16 Å². The molecule has 1 spiro atoms. The lowest BCUT2D eigenvalue weighted by molar-refractivity contribution is 0.0240. The zero-order valence-electron chi connectivity index (χ0n) is 25.3. The van der Waals surface area contributed by atoms with Crippen molar-refractivity contribution in [3.8, 4) is 5.75 Å². The number of amides is 1. The second-order valence-corrected chi connectivity index (χ2v) is 13.6. The minimum Gasteiger partial charge on any atom is -0.489 e. The number of rotatable bonds is 5. The first kappa shape index (κ1) is 28.8. The maximum atomic E-state index is 12.6. The van der Waals surface area contributed by atoms with Gasteiger partial charge in [0, 0.05) is 37.2 Å². The highest BCUT2D eigenvalue weighted by molar-refractivity contribution is 7.98. The Balaban J connectivity index is 1.23. The Morgan fingerprint density at radius 1 is 1.00 bits per heavy atom. The van der Waals surface area contributed by atoms with Crippen LogP contribution in [-0.2, 0) is 36.0 Å². The predicted octanol–water partition coefficient (Wildman–Crippen LogP) is 6.60. The van der Waals surface area contributed by atoms with Gasteiger partial charge in [-0.1, -0.05) is 48.2 Å². The van der Waals surface area contributed by atoms with Crippen molar-refractivity contribution >= 4 is 23.7 Å². The number of hydrogen-bond donors (Lipinski definition) is 0. The van der Waals surface area contributed by atoms with Crippen molar-refractivity contribution in [2.24, 2.45) is 0 Å². The topological polar surface area (TPSA) is 67.8 Å². The Bertz CT molecular complexity index is 1430. The van der Waals surface area contributed by atoms with Crippen molar-refractivity contribution in [3.63, 3.8) is 0 Å². The number of hydrogen-bond acceptors (Lipinski definition) is 7. The second kappa shape index (κ2) is 11.8. The second-order valence-electron chi connectivity index (χ2n) is 12.8. The first-order chi connectivity index (χ1) is 20.2. The van der Waals surface area contributed by atoms with E-state index in [9.17, 15) is 4.79 Å². The van der Waals surface area contributed by atoms with Crippen molar-refractivity contribution in [2.45, 2.75) is 82.1 Å². The number of carbonyl (C=O) groups excluding carboxylic acids is 1. The summed E-state index contributed by atoms with van der Waals surface area (Å²) in [6.07, 6.45) is 8.28. The number of carbonyl (C=O) groups is 1. The summed E-state index contributed by atoms with van der Waals surface area (Å²) in [4.78, 5) is 26.9. The van der Waals surface area contributed by atoms with E-state index < -0.39 is 5.60 Å². The third-order valence-electron chi connectivity index (χ3n) is 8.83. The highest BCUT2D eigenvalue weighted by atomic mass is 32.2. The van der Waals surface area contributed by atoms with Crippen molar-refractivity contribution in [3.05, 3.63) is 76.5 Å². The third kappa shape index (κ3) is 6.10. The van der Waals surface area contributed by atoms with Crippen LogP contribution in [0.25, 0.3) is 0 Å². The molecule has 8 heteroatoms. The van der Waals surface area contributed by atoms with E-state index in [1.165, 1.54) is 40.8 Å². The lowest BCUT2D eigenvalue weighted by Crippen LogP contribution is -2.50. The van der Waals surface area contributed by atoms with Gasteiger partial charge in [0.05, 0.1) is 5.69 Å². The molecule has 1 amide bonds. The van der Waals surface area contributed by atoms with Crippen LogP contribution < -0.4 is 9.64 Å². The molecule has 0 bridgehead atoms. The molecule has 42 heavy (non-hydrogen) atoms. The summed E-state index contributed by atoms with van der Waals surface area (Å²) in [5, 5.41) is 0.825. The quantitative estimate of drug-likeness (QED) is 0.247. The third-order valence-corrected chi connectivity index (χ3v) is 9.37. The van der Waals surface area contributed by atoms with Gasteiger partial charge in [-0.25, -0.2) is 14.8 Å². The van der Waals surface area contributed by atoms with Crippen LogP contribution in [0.4, 0.5) is 10.6 Å². The number of benzene rings is 2. The van der Waals surface area contributed by atoms with Crippen LogP contribution in [0, 0.1) is 0 Å². The molecule has 2 heterocycles. The summed E-state index contributed by atoms with van der Waals surface area (Å²) in [7, 11) is 0. The molecular formula is C34H42N4O3S. The van der Waals surface area contributed by atoms with Crippen LogP contribution in [0.1, 0.15) is 68.0 Å². The number of piperazine rings is 1. The van der Waals surface area contributed by atoms with E-state index in [0.717, 1.165) is 55.5 Å². The lowest BCUT2D eigenvalue weighted by Gasteiger charge is -2.44. The molecule has 1 fully saturated rings. The molecule has 0 radical (unpaired) electrons. The van der Waals surface area contributed by atoms with Gasteiger partial charge in [-0.3, -0.25) is 0 Å². The van der Waals surface area contributed by atoms with Crippen molar-refractivity contribution in [1.29, 1.82) is 0 Å². The molecule has 222 valence electrons. The van der Waals surface area contributed by atoms with Crippen LogP contribution in [0.3, 0.4) is 0 Å². The molecule has 3 aliphatic rings. The Morgan fingerprint density at radius 3 is 2.52 bits per heavy atom. The largest absolute Gasteiger partial charge is 0.489 e. The predicted molar refractivity (Wildman–Crippen MR) is 168 cm³/mol. The first-order valence-corrected chi connectivity index (χ1v) is 16.4. The Hall–Kier alpha value is -3.26. The molecule has 2 aliphatic carbocycles.